The summed E-state index contributed by atoms with van der Waals surface area (Å²) in [5.41, 5.74) is 3.85. The number of nitrogens with zero attached hydrogens (tertiary/aromatic N) is 3. The Bertz CT molecular complexity index is 1110. The number of benzene rings is 2. The molecule has 0 saturated heterocycles. The number of carbonyl (C=O) groups excluding carboxylic acids is 1. The van der Waals surface area contributed by atoms with Crippen molar-refractivity contribution in [2.45, 2.75) is 20.0 Å². The van der Waals surface area contributed by atoms with Crippen molar-refractivity contribution in [3.8, 4) is 0 Å². The number of fused-ring (bicyclic) bond motifs is 1. The highest BCUT2D eigenvalue weighted by atomic mass is 19.1. The Hall–Kier alpha value is -3.48. The molecule has 136 valence electrons. The standard InChI is InChI=1S/C20H18FN5O/c1-13-8-16-9-14(6-7-18(16)23-13)10-22-20(27)19-12-26(25-24-19)11-15-4-2-3-5-17(15)21/h2-9,12,23H,10-11H2,1H3,(H,22,27). The lowest BCUT2D eigenvalue weighted by Crippen LogP contribution is -2.23. The molecule has 0 aliphatic heterocycles. The molecule has 0 radical (unpaired) electrons. The summed E-state index contributed by atoms with van der Waals surface area (Å²) < 4.78 is 15.2. The van der Waals surface area contributed by atoms with Gasteiger partial charge in [0.2, 0.25) is 0 Å². The van der Waals surface area contributed by atoms with Crippen LogP contribution in [0.25, 0.3) is 10.9 Å². The van der Waals surface area contributed by atoms with Crippen LogP contribution >= 0.6 is 0 Å². The third-order valence-electron chi connectivity index (χ3n) is 4.33. The predicted octanol–water partition coefficient (Wildman–Crippen LogP) is 3.19. The van der Waals surface area contributed by atoms with Crippen molar-refractivity contribution in [1.82, 2.24) is 25.3 Å². The number of aryl methyl sites for hydroxylation is 1. The monoisotopic (exact) mass is 363 g/mol. The lowest BCUT2D eigenvalue weighted by molar-refractivity contribution is 0.0946. The van der Waals surface area contributed by atoms with Gasteiger partial charge in [0.15, 0.2) is 5.69 Å². The van der Waals surface area contributed by atoms with E-state index < -0.39 is 0 Å². The fourth-order valence-corrected chi connectivity index (χ4v) is 2.99. The van der Waals surface area contributed by atoms with Gasteiger partial charge < -0.3 is 10.3 Å². The zero-order valence-electron chi connectivity index (χ0n) is 14.7. The van der Waals surface area contributed by atoms with Crippen molar-refractivity contribution in [1.29, 1.82) is 0 Å². The van der Waals surface area contributed by atoms with Crippen molar-refractivity contribution >= 4 is 16.8 Å². The molecule has 1 amide bonds. The molecule has 6 nitrogen and oxygen atoms in total. The number of aromatic amines is 1. The number of hydrogen-bond donors (Lipinski definition) is 2. The summed E-state index contributed by atoms with van der Waals surface area (Å²) in [6, 6.07) is 14.5. The van der Waals surface area contributed by atoms with E-state index in [2.05, 4.69) is 26.7 Å². The maximum absolute atomic E-state index is 13.7. The van der Waals surface area contributed by atoms with Gasteiger partial charge in [0.05, 0.1) is 12.7 Å². The largest absolute Gasteiger partial charge is 0.359 e. The maximum Gasteiger partial charge on any atom is 0.273 e. The van der Waals surface area contributed by atoms with Gasteiger partial charge in [-0.05, 0) is 42.1 Å². The third kappa shape index (κ3) is 3.72. The van der Waals surface area contributed by atoms with E-state index in [4.69, 9.17) is 0 Å². The lowest BCUT2D eigenvalue weighted by Gasteiger charge is -2.04. The van der Waals surface area contributed by atoms with Crippen molar-refractivity contribution in [2.75, 3.05) is 0 Å². The second-order valence-corrected chi connectivity index (χ2v) is 6.45. The smallest absolute Gasteiger partial charge is 0.273 e. The van der Waals surface area contributed by atoms with Crippen LogP contribution < -0.4 is 5.32 Å². The molecule has 0 bridgehead atoms. The van der Waals surface area contributed by atoms with Gasteiger partial charge in [0.1, 0.15) is 5.82 Å². The Morgan fingerprint density at radius 1 is 1.22 bits per heavy atom. The number of halogens is 1. The number of aromatic nitrogens is 4. The van der Waals surface area contributed by atoms with Gasteiger partial charge >= 0.3 is 0 Å². The number of amides is 1. The highest BCUT2D eigenvalue weighted by Crippen LogP contribution is 2.17. The molecule has 0 aliphatic rings. The number of nitrogens with one attached hydrogen (secondary N) is 2. The van der Waals surface area contributed by atoms with Crippen LogP contribution in [0.4, 0.5) is 4.39 Å². The van der Waals surface area contributed by atoms with Gasteiger partial charge in [0, 0.05) is 23.3 Å². The van der Waals surface area contributed by atoms with E-state index in [0.717, 1.165) is 22.2 Å². The maximum atomic E-state index is 13.7. The Labute approximate surface area is 155 Å². The zero-order chi connectivity index (χ0) is 18.8. The first-order valence-corrected chi connectivity index (χ1v) is 8.58. The molecule has 2 N–H and O–H groups in total. The molecule has 0 spiro atoms. The van der Waals surface area contributed by atoms with Crippen LogP contribution in [0.5, 0.6) is 0 Å². The van der Waals surface area contributed by atoms with E-state index in [1.54, 1.807) is 18.2 Å². The van der Waals surface area contributed by atoms with Crippen molar-refractivity contribution < 1.29 is 9.18 Å². The molecule has 4 rings (SSSR count). The predicted molar refractivity (Wildman–Crippen MR) is 99.7 cm³/mol. The first-order chi connectivity index (χ1) is 13.1. The summed E-state index contributed by atoms with van der Waals surface area (Å²) in [5, 5.41) is 11.7. The molecule has 2 aromatic carbocycles. The van der Waals surface area contributed by atoms with E-state index in [0.29, 0.717) is 12.1 Å². The second kappa shape index (κ2) is 7.03. The molecule has 2 heterocycles. The van der Waals surface area contributed by atoms with E-state index in [-0.39, 0.29) is 24.0 Å². The Morgan fingerprint density at radius 2 is 2.07 bits per heavy atom. The Kier molecular flexibility index (Phi) is 4.42. The van der Waals surface area contributed by atoms with Crippen LogP contribution in [0.2, 0.25) is 0 Å². The van der Waals surface area contributed by atoms with Gasteiger partial charge in [-0.3, -0.25) is 4.79 Å². The van der Waals surface area contributed by atoms with Crippen LogP contribution in [-0.4, -0.2) is 25.9 Å². The minimum atomic E-state index is -0.319. The number of H-pyrrole nitrogens is 1. The molecule has 2 aromatic heterocycles. The summed E-state index contributed by atoms with van der Waals surface area (Å²) in [6.07, 6.45) is 1.51. The van der Waals surface area contributed by atoms with E-state index in [1.807, 2.05) is 25.1 Å². The molecule has 0 fully saturated rings. The Morgan fingerprint density at radius 3 is 2.93 bits per heavy atom. The normalized spacial score (nSPS) is 11.0. The van der Waals surface area contributed by atoms with Gasteiger partial charge in [-0.1, -0.05) is 29.5 Å². The van der Waals surface area contributed by atoms with Crippen LogP contribution in [0.1, 0.15) is 27.3 Å². The molecular weight excluding hydrogens is 345 g/mol. The molecular formula is C20H18FN5O. The quantitative estimate of drug-likeness (QED) is 0.572. The topological polar surface area (TPSA) is 75.6 Å². The van der Waals surface area contributed by atoms with Gasteiger partial charge in [-0.25, -0.2) is 9.07 Å². The molecule has 0 atom stereocenters. The first-order valence-electron chi connectivity index (χ1n) is 8.58. The van der Waals surface area contributed by atoms with Gasteiger partial charge in [-0.2, -0.15) is 0 Å². The van der Waals surface area contributed by atoms with Gasteiger partial charge in [0.25, 0.3) is 5.91 Å². The molecule has 7 heteroatoms. The second-order valence-electron chi connectivity index (χ2n) is 6.45. The minimum Gasteiger partial charge on any atom is -0.359 e. The average Bonchev–Trinajstić information content (AvgIpc) is 3.27. The van der Waals surface area contributed by atoms with E-state index >= 15 is 0 Å². The molecule has 0 aliphatic carbocycles. The summed E-state index contributed by atoms with van der Waals surface area (Å²) in [5.74, 6) is -0.630. The van der Waals surface area contributed by atoms with Crippen LogP contribution in [-0.2, 0) is 13.1 Å². The minimum absolute atomic E-state index is 0.199. The van der Waals surface area contributed by atoms with Crippen LogP contribution in [0.3, 0.4) is 0 Å². The van der Waals surface area contributed by atoms with E-state index in [9.17, 15) is 9.18 Å². The SMILES string of the molecule is Cc1cc2cc(CNC(=O)c3cn(Cc4ccccc4F)nn3)ccc2[nH]1. The molecule has 4 aromatic rings. The van der Waals surface area contributed by atoms with Crippen molar-refractivity contribution in [3.63, 3.8) is 0 Å². The summed E-state index contributed by atoms with van der Waals surface area (Å²) in [7, 11) is 0. The average molecular weight is 363 g/mol. The number of carbonyl (C=O) groups is 1. The van der Waals surface area contributed by atoms with Crippen LogP contribution in [0.15, 0.2) is 54.7 Å². The highest BCUT2D eigenvalue weighted by Gasteiger charge is 2.12. The number of rotatable bonds is 5. The summed E-state index contributed by atoms with van der Waals surface area (Å²) in [6.45, 7) is 2.61. The first kappa shape index (κ1) is 17.0. The Balaban J connectivity index is 1.41. The summed E-state index contributed by atoms with van der Waals surface area (Å²) in [4.78, 5) is 15.6. The third-order valence-corrected chi connectivity index (χ3v) is 4.33. The highest BCUT2D eigenvalue weighted by molar-refractivity contribution is 5.91. The molecule has 27 heavy (non-hydrogen) atoms. The summed E-state index contributed by atoms with van der Waals surface area (Å²) >= 11 is 0. The van der Waals surface area contributed by atoms with E-state index in [1.165, 1.54) is 16.9 Å². The fourth-order valence-electron chi connectivity index (χ4n) is 2.99. The number of hydrogen-bond acceptors (Lipinski definition) is 3. The molecule has 0 unspecified atom stereocenters. The van der Waals surface area contributed by atoms with Crippen molar-refractivity contribution in [2.24, 2.45) is 0 Å². The molecule has 0 saturated carbocycles. The van der Waals surface area contributed by atoms with Crippen molar-refractivity contribution in [3.05, 3.63) is 83.1 Å². The lowest BCUT2D eigenvalue weighted by atomic mass is 10.1. The van der Waals surface area contributed by atoms with Gasteiger partial charge in [-0.15, -0.1) is 5.10 Å². The van der Waals surface area contributed by atoms with Crippen LogP contribution in [0, 0.1) is 12.7 Å². The fraction of sp³-hybridized carbons (Fsp3) is 0.150. The zero-order valence-corrected chi connectivity index (χ0v) is 14.7.